The second-order valence-corrected chi connectivity index (χ2v) is 11.0. The molecule has 0 bridgehead atoms. The molecule has 224 valence electrons. The van der Waals surface area contributed by atoms with Gasteiger partial charge in [-0.15, -0.1) is 0 Å². The van der Waals surface area contributed by atoms with Crippen LogP contribution in [0.3, 0.4) is 0 Å². The number of amides is 1. The standard InChI is InChI=1S/C30H38F3N3O5/c1-21-15-23(17-25(16-21)30(31,32)33)22(2)40-19-29(24-7-4-3-5-8-24)12-11-28(10-9-26(37)35-28)18-36(29)20-41-27(38)39-14-6-13-34/h3-5,7-8,15-17,22H,6,9-14,18-20,34H2,1-2H3,(H,35,37)/t22-,28-,29-/m1/s1. The van der Waals surface area contributed by atoms with Gasteiger partial charge in [0, 0.05) is 13.0 Å². The summed E-state index contributed by atoms with van der Waals surface area (Å²) in [6.45, 7) is 4.24. The summed E-state index contributed by atoms with van der Waals surface area (Å²) < 4.78 is 57.5. The summed E-state index contributed by atoms with van der Waals surface area (Å²) in [6, 6.07) is 13.5. The van der Waals surface area contributed by atoms with Crippen LogP contribution in [0.5, 0.6) is 0 Å². The van der Waals surface area contributed by atoms with Gasteiger partial charge in [0.25, 0.3) is 0 Å². The van der Waals surface area contributed by atoms with Gasteiger partial charge in [-0.1, -0.05) is 42.0 Å². The number of carbonyl (C=O) groups is 2. The number of carbonyl (C=O) groups excluding carboxylic acids is 2. The summed E-state index contributed by atoms with van der Waals surface area (Å²) in [6.07, 6.45) is -3.18. The van der Waals surface area contributed by atoms with Gasteiger partial charge in [0.1, 0.15) is 6.73 Å². The normalized spacial score (nSPS) is 23.8. The molecule has 2 aromatic carbocycles. The molecule has 11 heteroatoms. The highest BCUT2D eigenvalue weighted by molar-refractivity contribution is 5.79. The van der Waals surface area contributed by atoms with Crippen LogP contribution < -0.4 is 11.1 Å². The number of ether oxygens (including phenoxy) is 3. The second-order valence-electron chi connectivity index (χ2n) is 11.0. The minimum atomic E-state index is -4.47. The summed E-state index contributed by atoms with van der Waals surface area (Å²) in [7, 11) is 0. The first-order chi connectivity index (χ1) is 19.5. The minimum absolute atomic E-state index is 0.0240. The summed E-state index contributed by atoms with van der Waals surface area (Å²) >= 11 is 0. The first-order valence-electron chi connectivity index (χ1n) is 13.9. The predicted molar refractivity (Wildman–Crippen MR) is 146 cm³/mol. The van der Waals surface area contributed by atoms with E-state index in [1.165, 1.54) is 0 Å². The van der Waals surface area contributed by atoms with E-state index < -0.39 is 35.1 Å². The highest BCUT2D eigenvalue weighted by Crippen LogP contribution is 2.45. The Morgan fingerprint density at radius 2 is 1.88 bits per heavy atom. The molecule has 2 heterocycles. The molecule has 1 spiro atoms. The molecule has 0 saturated carbocycles. The Hall–Kier alpha value is -3.15. The van der Waals surface area contributed by atoms with Gasteiger partial charge in [-0.25, -0.2) is 4.79 Å². The van der Waals surface area contributed by atoms with Crippen molar-refractivity contribution >= 4 is 12.1 Å². The fourth-order valence-electron chi connectivity index (χ4n) is 5.75. The number of nitrogens with one attached hydrogen (secondary N) is 1. The third-order valence-corrected chi connectivity index (χ3v) is 8.04. The van der Waals surface area contributed by atoms with Crippen LogP contribution in [0.25, 0.3) is 0 Å². The van der Waals surface area contributed by atoms with E-state index in [1.54, 1.807) is 19.9 Å². The number of rotatable bonds is 10. The number of hydrogen-bond acceptors (Lipinski definition) is 7. The van der Waals surface area contributed by atoms with Crippen LogP contribution in [-0.4, -0.2) is 55.5 Å². The van der Waals surface area contributed by atoms with Gasteiger partial charge in [0.05, 0.1) is 36.0 Å². The molecule has 2 saturated heterocycles. The van der Waals surface area contributed by atoms with E-state index in [2.05, 4.69) is 5.32 Å². The lowest BCUT2D eigenvalue weighted by Crippen LogP contribution is -2.64. The number of nitrogens with zero attached hydrogens (tertiary/aromatic N) is 1. The number of nitrogens with two attached hydrogens (primary N) is 1. The Morgan fingerprint density at radius 3 is 2.54 bits per heavy atom. The average molecular weight is 578 g/mol. The molecule has 2 aromatic rings. The highest BCUT2D eigenvalue weighted by Gasteiger charge is 2.52. The average Bonchev–Trinajstić information content (AvgIpc) is 3.30. The smallest absolute Gasteiger partial charge is 0.434 e. The van der Waals surface area contributed by atoms with Crippen LogP contribution in [0.1, 0.15) is 67.4 Å². The molecule has 3 atom stereocenters. The molecule has 2 aliphatic rings. The summed E-state index contributed by atoms with van der Waals surface area (Å²) in [5, 5.41) is 3.12. The molecule has 3 N–H and O–H groups in total. The van der Waals surface area contributed by atoms with Crippen LogP contribution in [0.15, 0.2) is 48.5 Å². The molecule has 2 fully saturated rings. The maximum absolute atomic E-state index is 13.5. The number of likely N-dealkylation sites (tertiary alicyclic amines) is 1. The first-order valence-corrected chi connectivity index (χ1v) is 13.9. The summed E-state index contributed by atoms with van der Waals surface area (Å²) in [4.78, 5) is 26.6. The van der Waals surface area contributed by atoms with Crippen LogP contribution in [-0.2, 0) is 30.7 Å². The molecule has 0 unspecified atom stereocenters. The third-order valence-electron chi connectivity index (χ3n) is 8.04. The lowest BCUT2D eigenvalue weighted by atomic mass is 9.74. The van der Waals surface area contributed by atoms with Crippen molar-refractivity contribution < 1.29 is 37.0 Å². The van der Waals surface area contributed by atoms with Crippen LogP contribution >= 0.6 is 0 Å². The van der Waals surface area contributed by atoms with Crippen molar-refractivity contribution in [2.45, 2.75) is 69.3 Å². The number of alkyl halides is 3. The number of hydrogen-bond donors (Lipinski definition) is 2. The van der Waals surface area contributed by atoms with E-state index in [-0.39, 0.29) is 25.9 Å². The van der Waals surface area contributed by atoms with Gasteiger partial charge in [0.2, 0.25) is 5.91 Å². The zero-order valence-electron chi connectivity index (χ0n) is 23.5. The second kappa shape index (κ2) is 12.8. The fourth-order valence-corrected chi connectivity index (χ4v) is 5.75. The van der Waals surface area contributed by atoms with Crippen LogP contribution in [0.2, 0.25) is 0 Å². The Morgan fingerprint density at radius 1 is 1.12 bits per heavy atom. The number of aryl methyl sites for hydroxylation is 1. The van der Waals surface area contributed by atoms with Gasteiger partial charge < -0.3 is 25.3 Å². The van der Waals surface area contributed by atoms with E-state index in [0.717, 1.165) is 17.7 Å². The van der Waals surface area contributed by atoms with Gasteiger partial charge in [-0.2, -0.15) is 13.2 Å². The maximum atomic E-state index is 13.5. The third kappa shape index (κ3) is 7.38. The van der Waals surface area contributed by atoms with E-state index in [4.69, 9.17) is 19.9 Å². The van der Waals surface area contributed by atoms with Crippen molar-refractivity contribution in [3.05, 3.63) is 70.8 Å². The zero-order chi connectivity index (χ0) is 29.7. The summed E-state index contributed by atoms with van der Waals surface area (Å²) in [5.74, 6) is -0.0240. The lowest BCUT2D eigenvalue weighted by Gasteiger charge is -2.52. The molecule has 0 aliphatic carbocycles. The molecular formula is C30H38F3N3O5. The Balaban J connectivity index is 1.62. The maximum Gasteiger partial charge on any atom is 0.509 e. The quantitative estimate of drug-likeness (QED) is 0.296. The van der Waals surface area contributed by atoms with Crippen LogP contribution in [0.4, 0.5) is 18.0 Å². The molecule has 1 amide bonds. The van der Waals surface area contributed by atoms with Crippen molar-refractivity contribution in [1.82, 2.24) is 10.2 Å². The van der Waals surface area contributed by atoms with Crippen LogP contribution in [0, 0.1) is 6.92 Å². The van der Waals surface area contributed by atoms with Gasteiger partial charge in [-0.05, 0) is 69.3 Å². The largest absolute Gasteiger partial charge is 0.509 e. The topological polar surface area (TPSA) is 103 Å². The number of halogens is 3. The van der Waals surface area contributed by atoms with Crippen molar-refractivity contribution in [1.29, 1.82) is 0 Å². The molecular weight excluding hydrogens is 539 g/mol. The van der Waals surface area contributed by atoms with Crippen molar-refractivity contribution in [2.75, 3.05) is 33.0 Å². The van der Waals surface area contributed by atoms with E-state index in [1.807, 2.05) is 35.2 Å². The minimum Gasteiger partial charge on any atom is -0.434 e. The van der Waals surface area contributed by atoms with Gasteiger partial charge in [-0.3, -0.25) is 9.69 Å². The predicted octanol–water partition coefficient (Wildman–Crippen LogP) is 5.19. The monoisotopic (exact) mass is 577 g/mol. The van der Waals surface area contributed by atoms with E-state index in [9.17, 15) is 22.8 Å². The number of piperidine rings is 1. The SMILES string of the molecule is Cc1cc([C@@H](C)OC[C@@]2(c3ccccc3)CC[C@]3(CCC(=O)N3)CN2COC(=O)OCCCN)cc(C(F)(F)F)c1. The Labute approximate surface area is 238 Å². The zero-order valence-corrected chi connectivity index (χ0v) is 23.5. The van der Waals surface area contributed by atoms with Crippen molar-refractivity contribution in [2.24, 2.45) is 5.73 Å². The molecule has 8 nitrogen and oxygen atoms in total. The molecule has 41 heavy (non-hydrogen) atoms. The van der Waals surface area contributed by atoms with Crippen molar-refractivity contribution in [3.63, 3.8) is 0 Å². The molecule has 0 aromatic heterocycles. The Kier molecular flexibility index (Phi) is 9.61. The van der Waals surface area contributed by atoms with Gasteiger partial charge in [0.15, 0.2) is 0 Å². The Bertz CT molecular complexity index is 1210. The molecule has 4 rings (SSSR count). The highest BCUT2D eigenvalue weighted by atomic mass is 19.4. The van der Waals surface area contributed by atoms with E-state index in [0.29, 0.717) is 56.3 Å². The summed E-state index contributed by atoms with van der Waals surface area (Å²) in [5.41, 5.74) is 5.30. The number of benzene rings is 2. The lowest BCUT2D eigenvalue weighted by molar-refractivity contribution is -0.137. The van der Waals surface area contributed by atoms with E-state index >= 15 is 0 Å². The fraction of sp³-hybridized carbons (Fsp3) is 0.533. The molecule has 2 aliphatic heterocycles. The first kappa shape index (κ1) is 30.8. The molecule has 0 radical (unpaired) electrons. The van der Waals surface area contributed by atoms with Crippen molar-refractivity contribution in [3.8, 4) is 0 Å². The van der Waals surface area contributed by atoms with Gasteiger partial charge >= 0.3 is 12.3 Å².